The molecule has 0 heterocycles. The number of esters is 2. The number of fused-ring (bicyclic) bond motifs is 1. The topological polar surface area (TPSA) is 89.9 Å². The van der Waals surface area contributed by atoms with Crippen molar-refractivity contribution in [3.05, 3.63) is 29.3 Å². The van der Waals surface area contributed by atoms with Crippen molar-refractivity contribution in [2.45, 2.75) is 20.0 Å². The third-order valence-electron chi connectivity index (χ3n) is 3.01. The zero-order valence-corrected chi connectivity index (χ0v) is 11.1. The lowest BCUT2D eigenvalue weighted by Gasteiger charge is -2.12. The Balaban J connectivity index is 2.33. The Labute approximate surface area is 115 Å². The van der Waals surface area contributed by atoms with E-state index in [1.165, 1.54) is 25.1 Å². The summed E-state index contributed by atoms with van der Waals surface area (Å²) in [5.74, 6) is -2.79. The van der Waals surface area contributed by atoms with E-state index in [4.69, 9.17) is 9.47 Å². The van der Waals surface area contributed by atoms with Crippen molar-refractivity contribution < 1.29 is 29.0 Å². The normalized spacial score (nSPS) is 20.4. The van der Waals surface area contributed by atoms with E-state index in [9.17, 15) is 19.5 Å². The molecule has 20 heavy (non-hydrogen) atoms. The lowest BCUT2D eigenvalue weighted by Crippen LogP contribution is -2.26. The summed E-state index contributed by atoms with van der Waals surface area (Å²) < 4.78 is 9.68. The minimum absolute atomic E-state index is 0.129. The molecule has 0 spiro atoms. The second kappa shape index (κ2) is 5.42. The number of aliphatic hydroxyl groups is 1. The first-order valence-electron chi connectivity index (χ1n) is 6.17. The molecule has 2 rings (SSSR count). The second-order valence-corrected chi connectivity index (χ2v) is 4.38. The summed E-state index contributed by atoms with van der Waals surface area (Å²) >= 11 is 0. The van der Waals surface area contributed by atoms with Gasteiger partial charge >= 0.3 is 11.9 Å². The van der Waals surface area contributed by atoms with Crippen LogP contribution in [0.3, 0.4) is 0 Å². The van der Waals surface area contributed by atoms with Gasteiger partial charge in [0.05, 0.1) is 6.61 Å². The number of hydrogen-bond acceptors (Lipinski definition) is 6. The number of hydrogen-bond donors (Lipinski definition) is 1. The van der Waals surface area contributed by atoms with Crippen LogP contribution in [-0.2, 0) is 14.3 Å². The minimum atomic E-state index is -1.29. The van der Waals surface area contributed by atoms with Crippen LogP contribution in [0, 0.1) is 5.92 Å². The Morgan fingerprint density at radius 3 is 2.65 bits per heavy atom. The maximum Gasteiger partial charge on any atom is 0.319 e. The first kappa shape index (κ1) is 14.2. The fourth-order valence-electron chi connectivity index (χ4n) is 2.20. The van der Waals surface area contributed by atoms with Gasteiger partial charge in [-0.2, -0.15) is 0 Å². The van der Waals surface area contributed by atoms with E-state index in [1.54, 1.807) is 6.92 Å². The molecule has 2 atom stereocenters. The van der Waals surface area contributed by atoms with Crippen molar-refractivity contribution >= 4 is 17.7 Å². The molecular formula is C14H14O6. The van der Waals surface area contributed by atoms with Crippen LogP contribution in [0.4, 0.5) is 0 Å². The molecule has 0 fully saturated rings. The third-order valence-corrected chi connectivity index (χ3v) is 3.01. The molecule has 1 aliphatic rings. The molecule has 0 aliphatic heterocycles. The molecule has 1 aliphatic carbocycles. The fourth-order valence-corrected chi connectivity index (χ4v) is 2.20. The van der Waals surface area contributed by atoms with Gasteiger partial charge in [0.1, 0.15) is 17.8 Å². The van der Waals surface area contributed by atoms with E-state index < -0.39 is 29.7 Å². The smallest absolute Gasteiger partial charge is 0.319 e. The highest BCUT2D eigenvalue weighted by atomic mass is 16.5. The van der Waals surface area contributed by atoms with Gasteiger partial charge in [-0.05, 0) is 30.7 Å². The van der Waals surface area contributed by atoms with Gasteiger partial charge in [0, 0.05) is 12.5 Å². The summed E-state index contributed by atoms with van der Waals surface area (Å²) in [7, 11) is 0. The predicted molar refractivity (Wildman–Crippen MR) is 67.2 cm³/mol. The van der Waals surface area contributed by atoms with Crippen LogP contribution in [0.1, 0.15) is 35.9 Å². The van der Waals surface area contributed by atoms with Crippen LogP contribution in [0.2, 0.25) is 0 Å². The molecule has 0 saturated heterocycles. The largest absolute Gasteiger partial charge is 0.465 e. The Bertz CT molecular complexity index is 577. The molecule has 0 saturated carbocycles. The minimum Gasteiger partial charge on any atom is -0.465 e. The number of Topliss-reactive ketones (excluding diaryl/α,β-unsaturated/α-hetero) is 1. The summed E-state index contributed by atoms with van der Waals surface area (Å²) in [5.41, 5.74) is 0.512. The predicted octanol–water partition coefficient (Wildman–Crippen LogP) is 1.02. The maximum atomic E-state index is 12.1. The van der Waals surface area contributed by atoms with Crippen LogP contribution in [0.15, 0.2) is 18.2 Å². The van der Waals surface area contributed by atoms with Crippen LogP contribution in [0.25, 0.3) is 0 Å². The zero-order valence-electron chi connectivity index (χ0n) is 11.1. The Hall–Kier alpha value is -2.21. The summed E-state index contributed by atoms with van der Waals surface area (Å²) in [6, 6.07) is 4.26. The van der Waals surface area contributed by atoms with Crippen molar-refractivity contribution in [2.75, 3.05) is 6.61 Å². The quantitative estimate of drug-likeness (QED) is 0.504. The lowest BCUT2D eigenvalue weighted by molar-refractivity contribution is -0.149. The summed E-state index contributed by atoms with van der Waals surface area (Å²) in [6.45, 7) is 3.00. The molecule has 1 aromatic carbocycles. The molecule has 6 nitrogen and oxygen atoms in total. The molecule has 106 valence electrons. The van der Waals surface area contributed by atoms with Gasteiger partial charge in [-0.25, -0.2) is 0 Å². The Morgan fingerprint density at radius 1 is 1.35 bits per heavy atom. The number of carbonyl (C=O) groups is 3. The van der Waals surface area contributed by atoms with Crippen LogP contribution < -0.4 is 4.74 Å². The van der Waals surface area contributed by atoms with Crippen molar-refractivity contribution in [1.82, 2.24) is 0 Å². The molecular weight excluding hydrogens is 264 g/mol. The molecule has 0 aromatic heterocycles. The highest BCUT2D eigenvalue weighted by molar-refractivity contribution is 6.13. The second-order valence-electron chi connectivity index (χ2n) is 4.38. The van der Waals surface area contributed by atoms with Crippen molar-refractivity contribution in [2.24, 2.45) is 5.92 Å². The van der Waals surface area contributed by atoms with Gasteiger partial charge in [0.25, 0.3) is 0 Å². The number of rotatable bonds is 3. The number of aliphatic hydroxyl groups excluding tert-OH is 1. The van der Waals surface area contributed by atoms with E-state index in [0.29, 0.717) is 0 Å². The Kier molecular flexibility index (Phi) is 3.85. The third kappa shape index (κ3) is 2.42. The van der Waals surface area contributed by atoms with E-state index in [-0.39, 0.29) is 23.5 Å². The highest BCUT2D eigenvalue weighted by Crippen LogP contribution is 2.38. The molecule has 0 radical (unpaired) electrons. The van der Waals surface area contributed by atoms with Gasteiger partial charge in [-0.15, -0.1) is 0 Å². The average Bonchev–Trinajstić information content (AvgIpc) is 2.61. The first-order chi connectivity index (χ1) is 9.45. The van der Waals surface area contributed by atoms with Crippen LogP contribution in [0.5, 0.6) is 5.75 Å². The fraction of sp³-hybridized carbons (Fsp3) is 0.357. The first-order valence-corrected chi connectivity index (χ1v) is 6.17. The van der Waals surface area contributed by atoms with E-state index in [0.717, 1.165) is 0 Å². The average molecular weight is 278 g/mol. The number of benzene rings is 1. The van der Waals surface area contributed by atoms with Crippen molar-refractivity contribution in [3.63, 3.8) is 0 Å². The summed E-state index contributed by atoms with van der Waals surface area (Å²) in [4.78, 5) is 34.7. The standard InChI is InChI=1S/C14H14O6/c1-3-19-14(18)11-12(16)9-5-4-8(20-7(2)15)6-10(9)13(11)17/h4-6,11,13,17H,3H2,1-2H3. The Morgan fingerprint density at radius 2 is 2.05 bits per heavy atom. The van der Waals surface area contributed by atoms with Crippen LogP contribution in [-0.4, -0.2) is 29.4 Å². The maximum absolute atomic E-state index is 12.1. The molecule has 6 heteroatoms. The number of ether oxygens (including phenoxy) is 2. The molecule has 1 aromatic rings. The summed E-state index contributed by atoms with van der Waals surface area (Å²) in [6.07, 6.45) is -1.29. The number of ketones is 1. The lowest BCUT2D eigenvalue weighted by atomic mass is 10.0. The highest BCUT2D eigenvalue weighted by Gasteiger charge is 2.44. The van der Waals surface area contributed by atoms with Crippen molar-refractivity contribution in [1.29, 1.82) is 0 Å². The van der Waals surface area contributed by atoms with E-state index >= 15 is 0 Å². The van der Waals surface area contributed by atoms with Crippen LogP contribution >= 0.6 is 0 Å². The van der Waals surface area contributed by atoms with Gasteiger partial charge in [0.15, 0.2) is 5.78 Å². The molecule has 2 unspecified atom stereocenters. The summed E-state index contributed by atoms with van der Waals surface area (Å²) in [5, 5.41) is 10.1. The van der Waals surface area contributed by atoms with Gasteiger partial charge < -0.3 is 14.6 Å². The zero-order chi connectivity index (χ0) is 14.9. The monoisotopic (exact) mass is 278 g/mol. The SMILES string of the molecule is CCOC(=O)C1C(=O)c2ccc(OC(C)=O)cc2C1O. The van der Waals surface area contributed by atoms with Gasteiger partial charge in [0.2, 0.25) is 0 Å². The van der Waals surface area contributed by atoms with Gasteiger partial charge in [-0.1, -0.05) is 0 Å². The van der Waals surface area contributed by atoms with E-state index in [2.05, 4.69) is 0 Å². The van der Waals surface area contributed by atoms with Gasteiger partial charge in [-0.3, -0.25) is 14.4 Å². The van der Waals surface area contributed by atoms with E-state index in [1.807, 2.05) is 0 Å². The molecule has 1 N–H and O–H groups in total. The molecule has 0 amide bonds. The van der Waals surface area contributed by atoms with Crippen molar-refractivity contribution in [3.8, 4) is 5.75 Å². The molecule has 0 bridgehead atoms. The number of carbonyl (C=O) groups excluding carboxylic acids is 3.